The van der Waals surface area contributed by atoms with Crippen molar-refractivity contribution >= 4 is 11.9 Å². The summed E-state index contributed by atoms with van der Waals surface area (Å²) < 4.78 is 11.7. The number of rotatable bonds is 7. The van der Waals surface area contributed by atoms with E-state index < -0.39 is 12.1 Å². The first-order valence-corrected chi connectivity index (χ1v) is 7.19. The molecular weight excluding hydrogens is 298 g/mol. The molecule has 1 heterocycles. The minimum atomic E-state index is -0.870. The third-order valence-electron chi connectivity index (χ3n) is 3.13. The quantitative estimate of drug-likeness (QED) is 0.612. The lowest BCUT2D eigenvalue weighted by Gasteiger charge is -2.13. The number of hydrogen-bond donors (Lipinski definition) is 1. The van der Waals surface area contributed by atoms with Crippen molar-refractivity contribution in [3.05, 3.63) is 48.3 Å². The molecule has 1 aromatic heterocycles. The fraction of sp³-hybridized carbons (Fsp3) is 0.312. The standard InChI is InChI=1S/C16H19N3O4/c1-12(15(20)17-9-11-22-2)23-16(21)13-4-6-14(7-5-13)19-10-3-8-18-19/h3-8,10,12H,9,11H2,1-2H3,(H,17,20)/t12-/m0/s1. The van der Waals surface area contributed by atoms with Gasteiger partial charge in [-0.2, -0.15) is 5.10 Å². The van der Waals surface area contributed by atoms with Crippen molar-refractivity contribution in [2.24, 2.45) is 0 Å². The van der Waals surface area contributed by atoms with Crippen LogP contribution in [0.4, 0.5) is 0 Å². The van der Waals surface area contributed by atoms with Gasteiger partial charge in [-0.05, 0) is 37.3 Å². The molecule has 0 aliphatic carbocycles. The fourth-order valence-corrected chi connectivity index (χ4v) is 1.87. The smallest absolute Gasteiger partial charge is 0.338 e. The summed E-state index contributed by atoms with van der Waals surface area (Å²) in [5, 5.41) is 6.72. The second-order valence-electron chi connectivity index (χ2n) is 4.83. The van der Waals surface area contributed by atoms with Gasteiger partial charge in [-0.15, -0.1) is 0 Å². The summed E-state index contributed by atoms with van der Waals surface area (Å²) in [7, 11) is 1.54. The topological polar surface area (TPSA) is 82.5 Å². The number of amides is 1. The van der Waals surface area contributed by atoms with Gasteiger partial charge in [0.05, 0.1) is 17.9 Å². The van der Waals surface area contributed by atoms with E-state index in [1.54, 1.807) is 48.5 Å². The van der Waals surface area contributed by atoms with Gasteiger partial charge in [-0.25, -0.2) is 9.48 Å². The molecule has 0 aliphatic rings. The first kappa shape index (κ1) is 16.7. The maximum atomic E-state index is 12.0. The van der Waals surface area contributed by atoms with E-state index in [1.807, 2.05) is 6.07 Å². The molecule has 0 saturated heterocycles. The van der Waals surface area contributed by atoms with Crippen LogP contribution in [-0.4, -0.2) is 48.0 Å². The number of esters is 1. The Labute approximate surface area is 134 Å². The fourth-order valence-electron chi connectivity index (χ4n) is 1.87. The Morgan fingerprint density at radius 2 is 2.04 bits per heavy atom. The molecule has 1 aromatic carbocycles. The number of nitrogens with zero attached hydrogens (tertiary/aromatic N) is 2. The van der Waals surface area contributed by atoms with Crippen LogP contribution in [0.25, 0.3) is 5.69 Å². The number of aromatic nitrogens is 2. The molecule has 2 rings (SSSR count). The monoisotopic (exact) mass is 317 g/mol. The van der Waals surface area contributed by atoms with Gasteiger partial charge in [0.25, 0.3) is 5.91 Å². The maximum absolute atomic E-state index is 12.0. The van der Waals surface area contributed by atoms with Crippen molar-refractivity contribution in [3.63, 3.8) is 0 Å². The molecule has 0 fully saturated rings. The minimum absolute atomic E-state index is 0.358. The Morgan fingerprint density at radius 1 is 1.30 bits per heavy atom. The Hall–Kier alpha value is -2.67. The normalized spacial score (nSPS) is 11.7. The van der Waals surface area contributed by atoms with Crippen LogP contribution in [-0.2, 0) is 14.3 Å². The molecule has 0 spiro atoms. The summed E-state index contributed by atoms with van der Waals surface area (Å²) in [6.07, 6.45) is 2.61. The summed E-state index contributed by atoms with van der Waals surface area (Å²) in [4.78, 5) is 23.8. The lowest BCUT2D eigenvalue weighted by molar-refractivity contribution is -0.129. The van der Waals surface area contributed by atoms with Gasteiger partial charge in [0, 0.05) is 26.0 Å². The van der Waals surface area contributed by atoms with E-state index in [4.69, 9.17) is 9.47 Å². The van der Waals surface area contributed by atoms with Gasteiger partial charge in [0.2, 0.25) is 0 Å². The molecule has 7 heteroatoms. The van der Waals surface area contributed by atoms with Gasteiger partial charge in [-0.3, -0.25) is 4.79 Å². The van der Waals surface area contributed by atoms with Gasteiger partial charge in [0.1, 0.15) is 0 Å². The minimum Gasteiger partial charge on any atom is -0.449 e. The van der Waals surface area contributed by atoms with Crippen LogP contribution in [0.2, 0.25) is 0 Å². The Bertz CT molecular complexity index is 638. The highest BCUT2D eigenvalue weighted by molar-refractivity contribution is 5.92. The van der Waals surface area contributed by atoms with Crippen molar-refractivity contribution < 1.29 is 19.1 Å². The Kier molecular flexibility index (Phi) is 5.87. The molecule has 7 nitrogen and oxygen atoms in total. The van der Waals surface area contributed by atoms with Crippen LogP contribution < -0.4 is 5.32 Å². The second-order valence-corrected chi connectivity index (χ2v) is 4.83. The van der Waals surface area contributed by atoms with Crippen LogP contribution in [0.1, 0.15) is 17.3 Å². The van der Waals surface area contributed by atoms with E-state index in [0.29, 0.717) is 18.7 Å². The van der Waals surface area contributed by atoms with Crippen molar-refractivity contribution in [2.45, 2.75) is 13.0 Å². The molecule has 0 unspecified atom stereocenters. The van der Waals surface area contributed by atoms with Crippen LogP contribution in [0.15, 0.2) is 42.7 Å². The third-order valence-corrected chi connectivity index (χ3v) is 3.13. The molecule has 0 bridgehead atoms. The molecule has 122 valence electrons. The van der Waals surface area contributed by atoms with Gasteiger partial charge >= 0.3 is 5.97 Å². The molecular formula is C16H19N3O4. The Balaban J connectivity index is 1.91. The average Bonchev–Trinajstić information content (AvgIpc) is 3.09. The van der Waals surface area contributed by atoms with E-state index >= 15 is 0 Å². The summed E-state index contributed by atoms with van der Waals surface area (Å²) >= 11 is 0. The first-order chi connectivity index (χ1) is 11.1. The molecule has 0 saturated carbocycles. The highest BCUT2D eigenvalue weighted by Gasteiger charge is 2.18. The summed E-state index contributed by atoms with van der Waals surface area (Å²) in [6.45, 7) is 2.30. The van der Waals surface area contributed by atoms with E-state index in [0.717, 1.165) is 5.69 Å². The second kappa shape index (κ2) is 8.09. The number of benzene rings is 1. The van der Waals surface area contributed by atoms with E-state index in [9.17, 15) is 9.59 Å². The third kappa shape index (κ3) is 4.65. The van der Waals surface area contributed by atoms with Crippen molar-refractivity contribution in [2.75, 3.05) is 20.3 Å². The van der Waals surface area contributed by atoms with E-state index in [-0.39, 0.29) is 5.91 Å². The summed E-state index contributed by atoms with van der Waals surface area (Å²) in [5.41, 5.74) is 1.20. The van der Waals surface area contributed by atoms with Crippen molar-refractivity contribution in [1.29, 1.82) is 0 Å². The average molecular weight is 317 g/mol. The highest BCUT2D eigenvalue weighted by atomic mass is 16.5. The number of nitrogens with one attached hydrogen (secondary N) is 1. The molecule has 1 N–H and O–H groups in total. The predicted octanol–water partition coefficient (Wildman–Crippen LogP) is 1.18. The van der Waals surface area contributed by atoms with Gasteiger partial charge in [-0.1, -0.05) is 0 Å². The SMILES string of the molecule is COCCNC(=O)[C@H](C)OC(=O)c1ccc(-n2cccn2)cc1. The lowest BCUT2D eigenvalue weighted by atomic mass is 10.2. The van der Waals surface area contributed by atoms with E-state index in [2.05, 4.69) is 10.4 Å². The van der Waals surface area contributed by atoms with Crippen molar-refractivity contribution in [3.8, 4) is 5.69 Å². The number of ether oxygens (including phenoxy) is 2. The van der Waals surface area contributed by atoms with Crippen LogP contribution >= 0.6 is 0 Å². The first-order valence-electron chi connectivity index (χ1n) is 7.19. The zero-order valence-electron chi connectivity index (χ0n) is 13.1. The highest BCUT2D eigenvalue weighted by Crippen LogP contribution is 2.10. The molecule has 0 radical (unpaired) electrons. The van der Waals surface area contributed by atoms with Gasteiger partial charge in [0.15, 0.2) is 6.10 Å². The van der Waals surface area contributed by atoms with Crippen LogP contribution in [0.3, 0.4) is 0 Å². The lowest BCUT2D eigenvalue weighted by Crippen LogP contribution is -2.37. The molecule has 1 amide bonds. The molecule has 2 aromatic rings. The number of carbonyl (C=O) groups is 2. The zero-order valence-corrected chi connectivity index (χ0v) is 13.1. The number of carbonyl (C=O) groups excluding carboxylic acids is 2. The number of hydrogen-bond acceptors (Lipinski definition) is 5. The largest absolute Gasteiger partial charge is 0.449 e. The summed E-state index contributed by atoms with van der Waals surface area (Å²) in [6, 6.07) is 8.59. The van der Waals surface area contributed by atoms with Crippen LogP contribution in [0, 0.1) is 0 Å². The number of methoxy groups -OCH3 is 1. The molecule has 1 atom stereocenters. The molecule has 23 heavy (non-hydrogen) atoms. The Morgan fingerprint density at radius 3 is 2.65 bits per heavy atom. The zero-order chi connectivity index (χ0) is 16.7. The van der Waals surface area contributed by atoms with Crippen molar-refractivity contribution in [1.82, 2.24) is 15.1 Å². The van der Waals surface area contributed by atoms with E-state index in [1.165, 1.54) is 6.92 Å². The maximum Gasteiger partial charge on any atom is 0.338 e. The van der Waals surface area contributed by atoms with Crippen LogP contribution in [0.5, 0.6) is 0 Å². The predicted molar refractivity (Wildman–Crippen MR) is 83.3 cm³/mol. The summed E-state index contributed by atoms with van der Waals surface area (Å²) in [5.74, 6) is -0.907. The molecule has 0 aliphatic heterocycles. The van der Waals surface area contributed by atoms with Gasteiger partial charge < -0.3 is 14.8 Å².